The van der Waals surface area contributed by atoms with Gasteiger partial charge in [-0.15, -0.1) is 0 Å². The van der Waals surface area contributed by atoms with Crippen molar-refractivity contribution in [3.63, 3.8) is 0 Å². The molecule has 1 aromatic rings. The normalized spacial score (nSPS) is 23.1. The van der Waals surface area contributed by atoms with Crippen LogP contribution < -0.4 is 0 Å². The highest BCUT2D eigenvalue weighted by Crippen LogP contribution is 2.50. The molecule has 2 saturated carbocycles. The number of methoxy groups -OCH3 is 1. The second-order valence-electron chi connectivity index (χ2n) is 6.89. The quantitative estimate of drug-likeness (QED) is 0.673. The molecule has 0 radical (unpaired) electrons. The van der Waals surface area contributed by atoms with E-state index < -0.39 is 11.5 Å². The summed E-state index contributed by atoms with van der Waals surface area (Å²) in [6.07, 6.45) is 6.73. The first kappa shape index (κ1) is 14.5. The number of esters is 1. The summed E-state index contributed by atoms with van der Waals surface area (Å²) in [6.45, 7) is 0. The highest BCUT2D eigenvalue weighted by molar-refractivity contribution is 6.25. The molecule has 5 nitrogen and oxygen atoms in total. The van der Waals surface area contributed by atoms with Crippen LogP contribution in [0.1, 0.15) is 62.3 Å². The van der Waals surface area contributed by atoms with Crippen molar-refractivity contribution in [1.82, 2.24) is 4.57 Å². The Labute approximate surface area is 134 Å². The van der Waals surface area contributed by atoms with E-state index in [1.807, 2.05) is 16.7 Å². The molecule has 0 amide bonds. The third-order valence-corrected chi connectivity index (χ3v) is 5.53. The fraction of sp³-hybridized carbons (Fsp3) is 0.556. The maximum Gasteiger partial charge on any atom is 0.345 e. The summed E-state index contributed by atoms with van der Waals surface area (Å²) in [4.78, 5) is 25.3. The van der Waals surface area contributed by atoms with Crippen LogP contribution in [0.25, 0.3) is 5.76 Å². The Morgan fingerprint density at radius 3 is 2.57 bits per heavy atom. The Balaban J connectivity index is 1.96. The van der Waals surface area contributed by atoms with E-state index in [1.165, 1.54) is 7.11 Å². The zero-order valence-electron chi connectivity index (χ0n) is 13.3. The molecule has 4 rings (SSSR count). The molecule has 2 aliphatic carbocycles. The van der Waals surface area contributed by atoms with Crippen molar-refractivity contribution in [2.24, 2.45) is 0 Å². The predicted octanol–water partition coefficient (Wildman–Crippen LogP) is 3.05. The van der Waals surface area contributed by atoms with Crippen molar-refractivity contribution in [2.75, 3.05) is 7.11 Å². The fourth-order valence-electron chi connectivity index (χ4n) is 4.26. The van der Waals surface area contributed by atoms with Crippen molar-refractivity contribution in [1.29, 1.82) is 0 Å². The number of rotatable bonds is 2. The molecular formula is C18H21NO4. The molecule has 1 aliphatic heterocycles. The highest BCUT2D eigenvalue weighted by Gasteiger charge is 2.51. The van der Waals surface area contributed by atoms with Crippen molar-refractivity contribution >= 4 is 17.5 Å². The summed E-state index contributed by atoms with van der Waals surface area (Å²) in [7, 11) is 1.24. The first-order valence-electron chi connectivity index (χ1n) is 8.39. The molecular weight excluding hydrogens is 294 g/mol. The summed E-state index contributed by atoms with van der Waals surface area (Å²) in [5.41, 5.74) is 0.826. The van der Waals surface area contributed by atoms with Crippen molar-refractivity contribution in [3.8, 4) is 0 Å². The van der Waals surface area contributed by atoms with Crippen molar-refractivity contribution in [2.45, 2.75) is 56.4 Å². The molecule has 23 heavy (non-hydrogen) atoms. The number of aliphatic hydroxyl groups excluding tert-OH is 1. The van der Waals surface area contributed by atoms with Gasteiger partial charge in [0, 0.05) is 5.69 Å². The van der Waals surface area contributed by atoms with Gasteiger partial charge in [-0.05, 0) is 43.7 Å². The van der Waals surface area contributed by atoms with Crippen LogP contribution in [-0.4, -0.2) is 28.5 Å². The van der Waals surface area contributed by atoms with Gasteiger partial charge in [0.25, 0.3) is 0 Å². The van der Waals surface area contributed by atoms with Crippen molar-refractivity contribution < 1.29 is 19.4 Å². The van der Waals surface area contributed by atoms with Gasteiger partial charge in [-0.1, -0.05) is 19.3 Å². The molecule has 5 heteroatoms. The zero-order valence-corrected chi connectivity index (χ0v) is 13.3. The predicted molar refractivity (Wildman–Crippen MR) is 84.0 cm³/mol. The molecule has 0 unspecified atom stereocenters. The lowest BCUT2D eigenvalue weighted by atomic mass is 9.73. The van der Waals surface area contributed by atoms with Gasteiger partial charge < -0.3 is 14.4 Å². The van der Waals surface area contributed by atoms with Gasteiger partial charge >= 0.3 is 5.97 Å². The first-order valence-corrected chi connectivity index (χ1v) is 8.39. The van der Waals surface area contributed by atoms with E-state index in [4.69, 9.17) is 4.74 Å². The number of aliphatic hydroxyl groups is 1. The van der Waals surface area contributed by atoms with E-state index >= 15 is 0 Å². The smallest absolute Gasteiger partial charge is 0.345 e. The molecule has 3 aliphatic rings. The molecule has 0 atom stereocenters. The largest absolute Gasteiger partial charge is 0.505 e. The number of carbonyl (C=O) groups is 2. The number of nitrogens with zero attached hydrogens (tertiary/aromatic N) is 1. The molecule has 2 fully saturated rings. The number of ketones is 1. The lowest BCUT2D eigenvalue weighted by molar-refractivity contribution is -0.140. The Bertz CT molecular complexity index is 717. The third kappa shape index (κ3) is 1.92. The van der Waals surface area contributed by atoms with Crippen LogP contribution in [0, 0.1) is 0 Å². The summed E-state index contributed by atoms with van der Waals surface area (Å²) < 4.78 is 6.81. The topological polar surface area (TPSA) is 68.5 Å². The van der Waals surface area contributed by atoms with E-state index in [9.17, 15) is 14.7 Å². The van der Waals surface area contributed by atoms with E-state index in [-0.39, 0.29) is 17.1 Å². The summed E-state index contributed by atoms with van der Waals surface area (Å²) in [5.74, 6) is -0.766. The molecule has 0 saturated heterocycles. The monoisotopic (exact) mass is 315 g/mol. The van der Waals surface area contributed by atoms with Gasteiger partial charge in [0.15, 0.2) is 11.5 Å². The molecule has 2 heterocycles. The van der Waals surface area contributed by atoms with Crippen LogP contribution >= 0.6 is 0 Å². The Kier molecular flexibility index (Phi) is 3.15. The lowest BCUT2D eigenvalue weighted by Crippen LogP contribution is -2.49. The van der Waals surface area contributed by atoms with Crippen LogP contribution in [0.5, 0.6) is 0 Å². The van der Waals surface area contributed by atoms with Gasteiger partial charge in [-0.3, -0.25) is 4.79 Å². The average Bonchev–Trinajstić information content (AvgIpc) is 3.32. The van der Waals surface area contributed by atoms with Crippen molar-refractivity contribution in [3.05, 3.63) is 29.1 Å². The highest BCUT2D eigenvalue weighted by atomic mass is 16.5. The van der Waals surface area contributed by atoms with Crippen LogP contribution in [-0.2, 0) is 19.9 Å². The number of fused-ring (bicyclic) bond motifs is 2. The lowest BCUT2D eigenvalue weighted by Gasteiger charge is -2.42. The van der Waals surface area contributed by atoms with Gasteiger partial charge in [0.1, 0.15) is 11.1 Å². The minimum atomic E-state index is -0.738. The van der Waals surface area contributed by atoms with E-state index in [0.29, 0.717) is 11.6 Å². The second-order valence-corrected chi connectivity index (χ2v) is 6.89. The molecule has 1 N–H and O–H groups in total. The molecule has 1 aromatic heterocycles. The Morgan fingerprint density at radius 2 is 1.96 bits per heavy atom. The van der Waals surface area contributed by atoms with Gasteiger partial charge in [0.05, 0.1) is 12.8 Å². The maximum absolute atomic E-state index is 13.2. The summed E-state index contributed by atoms with van der Waals surface area (Å²) >= 11 is 0. The van der Waals surface area contributed by atoms with E-state index in [2.05, 4.69) is 0 Å². The minimum absolute atomic E-state index is 0.178. The van der Waals surface area contributed by atoms with E-state index in [0.717, 1.165) is 50.6 Å². The Hall–Kier alpha value is -2.04. The van der Waals surface area contributed by atoms with Crippen LogP contribution in [0.15, 0.2) is 17.7 Å². The number of hydrogen-bond donors (Lipinski definition) is 1. The molecule has 1 spiro atoms. The number of carbonyl (C=O) groups excluding carboxylic acids is 2. The number of Topliss-reactive ketones (excluding diaryl/α,β-unsaturated/α-hetero) is 1. The summed E-state index contributed by atoms with van der Waals surface area (Å²) in [6, 6.07) is 3.85. The Morgan fingerprint density at radius 1 is 1.26 bits per heavy atom. The molecule has 0 bridgehead atoms. The number of aromatic nitrogens is 1. The second kappa shape index (κ2) is 4.98. The molecule has 122 valence electrons. The van der Waals surface area contributed by atoms with Gasteiger partial charge in [-0.25, -0.2) is 4.79 Å². The SMILES string of the molecule is COC(=O)C1=C(O)c2ccc(C3CC3)n2C2(CCCCC2)C1=O. The van der Waals surface area contributed by atoms with Gasteiger partial charge in [0.2, 0.25) is 0 Å². The molecule has 0 aromatic carbocycles. The summed E-state index contributed by atoms with van der Waals surface area (Å²) in [5, 5.41) is 10.6. The van der Waals surface area contributed by atoms with Crippen LogP contribution in [0.2, 0.25) is 0 Å². The van der Waals surface area contributed by atoms with Crippen LogP contribution in [0.3, 0.4) is 0 Å². The van der Waals surface area contributed by atoms with E-state index in [1.54, 1.807) is 0 Å². The zero-order chi connectivity index (χ0) is 16.2. The minimum Gasteiger partial charge on any atom is -0.505 e. The van der Waals surface area contributed by atoms with Gasteiger partial charge in [-0.2, -0.15) is 0 Å². The fourth-order valence-corrected chi connectivity index (χ4v) is 4.26. The number of hydrogen-bond acceptors (Lipinski definition) is 4. The standard InChI is InChI=1S/C18H21NO4/c1-23-17(22)14-15(20)13-8-7-12(11-5-6-11)19(13)18(16(14)21)9-3-2-4-10-18/h7-8,11,20H,2-6,9-10H2,1H3. The van der Waals surface area contributed by atoms with Crippen LogP contribution in [0.4, 0.5) is 0 Å². The average molecular weight is 315 g/mol. The maximum atomic E-state index is 13.2. The third-order valence-electron chi connectivity index (χ3n) is 5.53. The number of ether oxygens (including phenoxy) is 1. The first-order chi connectivity index (χ1) is 11.1.